The van der Waals surface area contributed by atoms with E-state index in [2.05, 4.69) is 42.4 Å². The molecular weight excluding hydrogens is 153 g/mol. The van der Waals surface area contributed by atoms with Crippen LogP contribution in [0.1, 0.15) is 5.56 Å². The van der Waals surface area contributed by atoms with E-state index in [1.807, 2.05) is 12.1 Å². The van der Waals surface area contributed by atoms with Gasteiger partial charge in [0, 0.05) is 0 Å². The fourth-order valence-corrected chi connectivity index (χ4v) is 0.882. The largest absolute Gasteiger partial charge is 0.228 e. The summed E-state index contributed by atoms with van der Waals surface area (Å²) in [5.74, 6) is 0. The van der Waals surface area contributed by atoms with Crippen molar-refractivity contribution in [2.24, 2.45) is 4.99 Å². The van der Waals surface area contributed by atoms with Crippen molar-refractivity contribution in [3.8, 4) is 0 Å². The highest BCUT2D eigenvalue weighted by Gasteiger charge is 1.87. The smallest absolute Gasteiger partial charge is 0.139 e. The van der Waals surface area contributed by atoms with Crippen molar-refractivity contribution in [2.45, 2.75) is 6.54 Å². The average molecular weight is 161 g/mol. The number of isothiocyanates is 1. The van der Waals surface area contributed by atoms with Crippen LogP contribution in [-0.4, -0.2) is 13.0 Å². The summed E-state index contributed by atoms with van der Waals surface area (Å²) >= 11 is 4.46. The Balaban J connectivity index is 2.73. The predicted molar refractivity (Wildman–Crippen MR) is 53.4 cm³/mol. The highest BCUT2D eigenvalue weighted by atomic mass is 32.1. The van der Waals surface area contributed by atoms with Crippen LogP contribution in [0.4, 0.5) is 0 Å². The normalized spacial score (nSPS) is 8.73. The Kier molecular flexibility index (Phi) is 3.03. The van der Waals surface area contributed by atoms with Gasteiger partial charge in [0.05, 0.1) is 11.7 Å². The van der Waals surface area contributed by atoms with Gasteiger partial charge in [-0.25, -0.2) is 4.99 Å². The Morgan fingerprint density at radius 3 is 2.55 bits per heavy atom. The van der Waals surface area contributed by atoms with Gasteiger partial charge >= 0.3 is 0 Å². The molecule has 0 aliphatic carbocycles. The van der Waals surface area contributed by atoms with Gasteiger partial charge in [-0.05, 0) is 17.8 Å². The summed E-state index contributed by atoms with van der Waals surface area (Å²) in [6.45, 7) is 0.643. The molecule has 0 saturated heterocycles. The highest BCUT2D eigenvalue weighted by Crippen LogP contribution is 1.97. The van der Waals surface area contributed by atoms with Crippen LogP contribution >= 0.6 is 12.2 Å². The lowest BCUT2D eigenvalue weighted by molar-refractivity contribution is 1.08. The number of hydrogen-bond donors (Lipinski definition) is 0. The number of benzene rings is 1. The Hall–Kier alpha value is -0.915. The summed E-state index contributed by atoms with van der Waals surface area (Å²) in [7, 11) is 2.06. The van der Waals surface area contributed by atoms with Gasteiger partial charge in [-0.1, -0.05) is 29.7 Å². The lowest BCUT2D eigenvalue weighted by Gasteiger charge is -1.94. The van der Waals surface area contributed by atoms with Crippen LogP contribution < -0.4 is 5.46 Å². The van der Waals surface area contributed by atoms with Crippen LogP contribution in [-0.2, 0) is 6.54 Å². The molecule has 0 spiro atoms. The SMILES string of the molecule is Bc1ccc(CN=C=S)cc1. The summed E-state index contributed by atoms with van der Waals surface area (Å²) in [4.78, 5) is 3.84. The molecule has 0 aromatic heterocycles. The molecule has 1 aromatic rings. The molecule has 1 aromatic carbocycles. The van der Waals surface area contributed by atoms with Gasteiger partial charge in [-0.15, -0.1) is 0 Å². The summed E-state index contributed by atoms with van der Waals surface area (Å²) < 4.78 is 0. The average Bonchev–Trinajstić information content (AvgIpc) is 2.04. The maximum Gasteiger partial charge on any atom is 0.139 e. The van der Waals surface area contributed by atoms with Crippen LogP contribution in [0.25, 0.3) is 0 Å². The van der Waals surface area contributed by atoms with Crippen LogP contribution in [0.3, 0.4) is 0 Å². The fraction of sp³-hybridized carbons (Fsp3) is 0.125. The molecule has 0 saturated carbocycles. The molecule has 0 N–H and O–H groups in total. The van der Waals surface area contributed by atoms with Gasteiger partial charge in [0.25, 0.3) is 0 Å². The number of hydrogen-bond acceptors (Lipinski definition) is 2. The van der Waals surface area contributed by atoms with Crippen molar-refractivity contribution in [2.75, 3.05) is 0 Å². The first-order valence-corrected chi connectivity index (χ1v) is 3.83. The molecule has 11 heavy (non-hydrogen) atoms. The first kappa shape index (κ1) is 8.18. The Bertz CT molecular complexity index is 275. The maximum atomic E-state index is 4.46. The molecule has 54 valence electrons. The van der Waals surface area contributed by atoms with Gasteiger partial charge in [0.15, 0.2) is 0 Å². The zero-order chi connectivity index (χ0) is 8.10. The second kappa shape index (κ2) is 4.07. The van der Waals surface area contributed by atoms with Crippen molar-refractivity contribution < 1.29 is 0 Å². The number of rotatable bonds is 2. The fourth-order valence-electron chi connectivity index (χ4n) is 0.817. The zero-order valence-electron chi connectivity index (χ0n) is 6.37. The van der Waals surface area contributed by atoms with Crippen molar-refractivity contribution >= 4 is 30.7 Å². The van der Waals surface area contributed by atoms with E-state index >= 15 is 0 Å². The Labute approximate surface area is 72.6 Å². The number of thiocarbonyl (C=S) groups is 1. The molecule has 0 bridgehead atoms. The molecule has 1 rings (SSSR count). The van der Waals surface area contributed by atoms with Gasteiger partial charge in [-0.3, -0.25) is 0 Å². The van der Waals surface area contributed by atoms with Crippen molar-refractivity contribution in [1.82, 2.24) is 0 Å². The zero-order valence-corrected chi connectivity index (χ0v) is 7.19. The molecular formula is C8H8BNS. The molecule has 0 heterocycles. The summed E-state index contributed by atoms with van der Waals surface area (Å²) in [6.07, 6.45) is 0. The van der Waals surface area contributed by atoms with Gasteiger partial charge in [0.2, 0.25) is 0 Å². The topological polar surface area (TPSA) is 12.4 Å². The quantitative estimate of drug-likeness (QED) is 0.350. The van der Waals surface area contributed by atoms with Gasteiger partial charge in [0.1, 0.15) is 7.85 Å². The van der Waals surface area contributed by atoms with Crippen LogP contribution in [0.2, 0.25) is 0 Å². The Morgan fingerprint density at radius 1 is 1.36 bits per heavy atom. The molecule has 0 fully saturated rings. The summed E-state index contributed by atoms with van der Waals surface area (Å²) in [6, 6.07) is 8.22. The second-order valence-corrected chi connectivity index (χ2v) is 2.58. The molecule has 0 radical (unpaired) electrons. The lowest BCUT2D eigenvalue weighted by Crippen LogP contribution is -1.99. The van der Waals surface area contributed by atoms with Crippen molar-refractivity contribution in [3.63, 3.8) is 0 Å². The van der Waals surface area contributed by atoms with Crippen molar-refractivity contribution in [3.05, 3.63) is 29.8 Å². The maximum absolute atomic E-state index is 4.46. The minimum atomic E-state index is 0.643. The molecule has 0 aliphatic heterocycles. The third-order valence-corrected chi connectivity index (χ3v) is 1.58. The molecule has 0 amide bonds. The molecule has 0 atom stereocenters. The van der Waals surface area contributed by atoms with E-state index in [1.54, 1.807) is 0 Å². The minimum absolute atomic E-state index is 0.643. The molecule has 0 unspecified atom stereocenters. The van der Waals surface area contributed by atoms with E-state index in [-0.39, 0.29) is 0 Å². The third kappa shape index (κ3) is 2.66. The first-order chi connectivity index (χ1) is 5.33. The van der Waals surface area contributed by atoms with Crippen molar-refractivity contribution in [1.29, 1.82) is 0 Å². The van der Waals surface area contributed by atoms with E-state index in [0.717, 1.165) is 0 Å². The highest BCUT2D eigenvalue weighted by molar-refractivity contribution is 7.78. The van der Waals surface area contributed by atoms with Gasteiger partial charge in [-0.2, -0.15) is 0 Å². The predicted octanol–water partition coefficient (Wildman–Crippen LogP) is 0.548. The second-order valence-electron chi connectivity index (χ2n) is 2.39. The first-order valence-electron chi connectivity index (χ1n) is 3.42. The third-order valence-electron chi connectivity index (χ3n) is 1.45. The van der Waals surface area contributed by atoms with E-state index in [4.69, 9.17) is 0 Å². The van der Waals surface area contributed by atoms with E-state index in [1.165, 1.54) is 11.0 Å². The van der Waals surface area contributed by atoms with Crippen LogP contribution in [0.5, 0.6) is 0 Å². The number of aliphatic imine (C=N–C) groups is 1. The molecule has 3 heteroatoms. The molecule has 0 aliphatic rings. The Morgan fingerprint density at radius 2 is 2.00 bits per heavy atom. The van der Waals surface area contributed by atoms with Crippen LogP contribution in [0, 0.1) is 0 Å². The molecule has 1 nitrogen and oxygen atoms in total. The van der Waals surface area contributed by atoms with Gasteiger partial charge < -0.3 is 0 Å². The van der Waals surface area contributed by atoms with E-state index in [0.29, 0.717) is 6.54 Å². The standard InChI is InChI=1S/C8H8BNS/c9-8-3-1-7(2-4-8)5-10-6-11/h1-4H,5,9H2. The monoisotopic (exact) mass is 161 g/mol. The van der Waals surface area contributed by atoms with E-state index in [9.17, 15) is 0 Å². The number of nitrogens with zero attached hydrogens (tertiary/aromatic N) is 1. The summed E-state index contributed by atoms with van der Waals surface area (Å²) in [5, 5.41) is 2.34. The summed E-state index contributed by atoms with van der Waals surface area (Å²) in [5.41, 5.74) is 2.44. The lowest BCUT2D eigenvalue weighted by atomic mass is 9.95. The van der Waals surface area contributed by atoms with Crippen LogP contribution in [0.15, 0.2) is 29.3 Å². The van der Waals surface area contributed by atoms with E-state index < -0.39 is 0 Å². The minimum Gasteiger partial charge on any atom is -0.228 e.